The van der Waals surface area contributed by atoms with Gasteiger partial charge in [-0.1, -0.05) is 18.6 Å². The molecular formula is C15H21BrFNO. The van der Waals surface area contributed by atoms with E-state index in [9.17, 15) is 9.50 Å². The number of rotatable bonds is 4. The molecule has 1 saturated heterocycles. The molecule has 0 spiro atoms. The number of aliphatic hydroxyl groups is 1. The summed E-state index contributed by atoms with van der Waals surface area (Å²) in [5.41, 5.74) is 0.984. The van der Waals surface area contributed by atoms with Crippen LogP contribution in [0, 0.1) is 5.82 Å². The average molecular weight is 330 g/mol. The molecule has 2 atom stereocenters. The molecule has 1 aromatic rings. The number of likely N-dealkylation sites (tertiary alicyclic amines) is 1. The maximum atomic E-state index is 13.5. The fourth-order valence-corrected chi connectivity index (χ4v) is 3.21. The van der Waals surface area contributed by atoms with Crippen molar-refractivity contribution in [2.24, 2.45) is 0 Å². The lowest BCUT2D eigenvalue weighted by atomic mass is 9.96. The van der Waals surface area contributed by atoms with E-state index in [1.54, 1.807) is 6.07 Å². The lowest BCUT2D eigenvalue weighted by molar-refractivity contribution is 0.0815. The van der Waals surface area contributed by atoms with Crippen molar-refractivity contribution in [3.8, 4) is 0 Å². The Hall–Kier alpha value is -0.450. The molecule has 1 heterocycles. The lowest BCUT2D eigenvalue weighted by Gasteiger charge is -2.36. The van der Waals surface area contributed by atoms with Gasteiger partial charge in [0.25, 0.3) is 0 Å². The van der Waals surface area contributed by atoms with Crippen LogP contribution in [0.15, 0.2) is 22.7 Å². The Bertz CT molecular complexity index is 425. The molecule has 106 valence electrons. The summed E-state index contributed by atoms with van der Waals surface area (Å²) in [5, 5.41) is 9.59. The summed E-state index contributed by atoms with van der Waals surface area (Å²) in [6, 6.07) is 5.59. The predicted molar refractivity (Wildman–Crippen MR) is 78.4 cm³/mol. The number of nitrogens with zero attached hydrogens (tertiary/aromatic N) is 1. The van der Waals surface area contributed by atoms with E-state index in [1.807, 2.05) is 13.0 Å². The Morgan fingerprint density at radius 1 is 1.47 bits per heavy atom. The number of piperidine rings is 1. The van der Waals surface area contributed by atoms with Crippen LogP contribution in [0.25, 0.3) is 0 Å². The Morgan fingerprint density at radius 2 is 2.26 bits per heavy atom. The van der Waals surface area contributed by atoms with Crippen molar-refractivity contribution in [2.45, 2.75) is 51.3 Å². The zero-order valence-corrected chi connectivity index (χ0v) is 12.9. The highest BCUT2D eigenvalue weighted by molar-refractivity contribution is 9.10. The molecule has 2 rings (SSSR count). The van der Waals surface area contributed by atoms with Gasteiger partial charge < -0.3 is 5.11 Å². The summed E-state index contributed by atoms with van der Waals surface area (Å²) in [6.07, 6.45) is 4.05. The van der Waals surface area contributed by atoms with Crippen molar-refractivity contribution in [2.75, 3.05) is 6.54 Å². The molecule has 1 aromatic carbocycles. The van der Waals surface area contributed by atoms with E-state index >= 15 is 0 Å². The molecule has 0 bridgehead atoms. The maximum Gasteiger partial charge on any atom is 0.137 e. The van der Waals surface area contributed by atoms with Gasteiger partial charge in [0.05, 0.1) is 10.6 Å². The largest absolute Gasteiger partial charge is 0.393 e. The summed E-state index contributed by atoms with van der Waals surface area (Å²) in [4.78, 5) is 2.37. The lowest BCUT2D eigenvalue weighted by Crippen LogP contribution is -2.40. The minimum atomic E-state index is -0.276. The van der Waals surface area contributed by atoms with Gasteiger partial charge in [-0.3, -0.25) is 4.90 Å². The summed E-state index contributed by atoms with van der Waals surface area (Å²) in [5.74, 6) is -0.207. The van der Waals surface area contributed by atoms with Gasteiger partial charge >= 0.3 is 0 Å². The highest BCUT2D eigenvalue weighted by Crippen LogP contribution is 2.27. The third kappa shape index (κ3) is 4.01. The second-order valence-corrected chi connectivity index (χ2v) is 6.21. The first-order chi connectivity index (χ1) is 9.08. The van der Waals surface area contributed by atoms with Crippen LogP contribution in [-0.4, -0.2) is 28.7 Å². The maximum absolute atomic E-state index is 13.5. The van der Waals surface area contributed by atoms with E-state index in [4.69, 9.17) is 0 Å². The van der Waals surface area contributed by atoms with Gasteiger partial charge in [-0.2, -0.15) is 0 Å². The third-order valence-corrected chi connectivity index (χ3v) is 4.66. The number of hydrogen-bond acceptors (Lipinski definition) is 2. The second kappa shape index (κ2) is 6.82. The minimum Gasteiger partial charge on any atom is -0.393 e. The van der Waals surface area contributed by atoms with Gasteiger partial charge in [0.2, 0.25) is 0 Å². The first kappa shape index (κ1) is 14.9. The van der Waals surface area contributed by atoms with E-state index in [-0.39, 0.29) is 11.9 Å². The smallest absolute Gasteiger partial charge is 0.137 e. The molecule has 2 unspecified atom stereocenters. The number of halogens is 2. The topological polar surface area (TPSA) is 23.5 Å². The van der Waals surface area contributed by atoms with Crippen molar-refractivity contribution in [3.05, 3.63) is 34.1 Å². The molecule has 4 heteroatoms. The zero-order valence-electron chi connectivity index (χ0n) is 11.3. The molecule has 0 aromatic heterocycles. The number of aliphatic hydroxyl groups excluding tert-OH is 1. The van der Waals surface area contributed by atoms with E-state index in [2.05, 4.69) is 20.8 Å². The molecule has 1 aliphatic rings. The molecule has 2 nitrogen and oxygen atoms in total. The summed E-state index contributed by atoms with van der Waals surface area (Å²) in [7, 11) is 0. The molecule has 0 saturated carbocycles. The van der Waals surface area contributed by atoms with Gasteiger partial charge in [0.15, 0.2) is 0 Å². The van der Waals surface area contributed by atoms with Gasteiger partial charge in [-0.05, 0) is 60.3 Å². The Balaban J connectivity index is 2.08. The van der Waals surface area contributed by atoms with Crippen LogP contribution in [0.3, 0.4) is 0 Å². The average Bonchev–Trinajstić information content (AvgIpc) is 2.36. The molecule has 0 aliphatic carbocycles. The van der Waals surface area contributed by atoms with Crippen LogP contribution in [0.4, 0.5) is 4.39 Å². The first-order valence-electron chi connectivity index (χ1n) is 6.93. The van der Waals surface area contributed by atoms with Crippen LogP contribution < -0.4 is 0 Å². The standard InChI is InChI=1S/C15H21BrFNO/c1-11(19)9-13-6-2-3-8-18(13)10-12-5-4-7-14(17)15(12)16/h4-5,7,11,13,19H,2-3,6,8-10H2,1H3. The summed E-state index contributed by atoms with van der Waals surface area (Å²) in [6.45, 7) is 3.61. The van der Waals surface area contributed by atoms with Gasteiger partial charge in [-0.25, -0.2) is 4.39 Å². The van der Waals surface area contributed by atoms with Gasteiger partial charge in [-0.15, -0.1) is 0 Å². The Labute approximate surface area is 122 Å². The SMILES string of the molecule is CC(O)CC1CCCCN1Cc1cccc(F)c1Br. The van der Waals surface area contributed by atoms with E-state index in [0.29, 0.717) is 10.5 Å². The van der Waals surface area contributed by atoms with Crippen molar-refractivity contribution < 1.29 is 9.50 Å². The van der Waals surface area contributed by atoms with Crippen molar-refractivity contribution in [3.63, 3.8) is 0 Å². The normalized spacial score (nSPS) is 22.4. The second-order valence-electron chi connectivity index (χ2n) is 5.42. The van der Waals surface area contributed by atoms with Gasteiger partial charge in [0.1, 0.15) is 5.82 Å². The van der Waals surface area contributed by atoms with Crippen molar-refractivity contribution in [1.82, 2.24) is 4.90 Å². The molecule has 0 amide bonds. The first-order valence-corrected chi connectivity index (χ1v) is 7.72. The van der Waals surface area contributed by atoms with Crippen LogP contribution in [0.2, 0.25) is 0 Å². The Morgan fingerprint density at radius 3 is 3.00 bits per heavy atom. The minimum absolute atomic E-state index is 0.207. The van der Waals surface area contributed by atoms with Crippen molar-refractivity contribution in [1.29, 1.82) is 0 Å². The fourth-order valence-electron chi connectivity index (χ4n) is 2.82. The molecule has 1 fully saturated rings. The number of hydrogen-bond donors (Lipinski definition) is 1. The van der Waals surface area contributed by atoms with Crippen molar-refractivity contribution >= 4 is 15.9 Å². The predicted octanol–water partition coefficient (Wildman–Crippen LogP) is 3.71. The van der Waals surface area contributed by atoms with E-state index in [1.165, 1.54) is 18.9 Å². The highest BCUT2D eigenvalue weighted by Gasteiger charge is 2.24. The monoisotopic (exact) mass is 329 g/mol. The van der Waals surface area contributed by atoms with E-state index < -0.39 is 0 Å². The molecular weight excluding hydrogens is 309 g/mol. The summed E-state index contributed by atoms with van der Waals surface area (Å²) >= 11 is 3.33. The fraction of sp³-hybridized carbons (Fsp3) is 0.600. The highest BCUT2D eigenvalue weighted by atomic mass is 79.9. The zero-order chi connectivity index (χ0) is 13.8. The molecule has 19 heavy (non-hydrogen) atoms. The Kier molecular flexibility index (Phi) is 5.37. The molecule has 1 aliphatic heterocycles. The van der Waals surface area contributed by atoms with Crippen LogP contribution in [-0.2, 0) is 6.54 Å². The van der Waals surface area contributed by atoms with Crippen LogP contribution in [0.5, 0.6) is 0 Å². The number of benzene rings is 1. The molecule has 1 N–H and O–H groups in total. The molecule has 0 radical (unpaired) electrons. The van der Waals surface area contributed by atoms with Crippen LogP contribution >= 0.6 is 15.9 Å². The third-order valence-electron chi connectivity index (χ3n) is 3.77. The summed E-state index contributed by atoms with van der Waals surface area (Å²) < 4.78 is 14.1. The van der Waals surface area contributed by atoms with Crippen LogP contribution in [0.1, 0.15) is 38.2 Å². The van der Waals surface area contributed by atoms with E-state index in [0.717, 1.165) is 31.5 Å². The van der Waals surface area contributed by atoms with Gasteiger partial charge in [0, 0.05) is 12.6 Å². The quantitative estimate of drug-likeness (QED) is 0.910.